The van der Waals surface area contributed by atoms with Crippen molar-refractivity contribution in [1.29, 1.82) is 0 Å². The van der Waals surface area contributed by atoms with Crippen LogP contribution in [-0.4, -0.2) is 11.8 Å². The summed E-state index contributed by atoms with van der Waals surface area (Å²) in [4.78, 5) is 24.5. The lowest BCUT2D eigenvalue weighted by atomic mass is 10.1. The lowest BCUT2D eigenvalue weighted by molar-refractivity contribution is 0.0995. The van der Waals surface area contributed by atoms with Gasteiger partial charge in [-0.2, -0.15) is 0 Å². The Bertz CT molecular complexity index is 969. The number of anilines is 2. The van der Waals surface area contributed by atoms with Gasteiger partial charge in [0.2, 0.25) is 0 Å². The van der Waals surface area contributed by atoms with Gasteiger partial charge in [0, 0.05) is 16.9 Å². The van der Waals surface area contributed by atoms with E-state index in [2.05, 4.69) is 10.6 Å². The Labute approximate surface area is 159 Å². The largest absolute Gasteiger partial charge is 0.459 e. The van der Waals surface area contributed by atoms with Gasteiger partial charge >= 0.3 is 0 Å². The minimum atomic E-state index is -0.374. The number of carbonyl (C=O) groups excluding carboxylic acids is 2. The number of nitrogens with one attached hydrogen (secondary N) is 2. The third-order valence-electron chi connectivity index (χ3n) is 3.67. The molecule has 2 amide bonds. The van der Waals surface area contributed by atoms with Gasteiger partial charge in [-0.25, -0.2) is 0 Å². The van der Waals surface area contributed by atoms with Crippen molar-refractivity contribution in [2.24, 2.45) is 0 Å². The summed E-state index contributed by atoms with van der Waals surface area (Å²) in [5.74, 6) is -0.506. The van der Waals surface area contributed by atoms with Gasteiger partial charge in [0.15, 0.2) is 5.76 Å². The molecular formula is C19H14Cl2N2O3. The minimum Gasteiger partial charge on any atom is -0.459 e. The Morgan fingerprint density at radius 1 is 0.923 bits per heavy atom. The van der Waals surface area contributed by atoms with E-state index in [0.717, 1.165) is 5.56 Å². The maximum Gasteiger partial charge on any atom is 0.291 e. The zero-order valence-corrected chi connectivity index (χ0v) is 15.2. The fourth-order valence-electron chi connectivity index (χ4n) is 2.27. The molecule has 26 heavy (non-hydrogen) atoms. The highest BCUT2D eigenvalue weighted by Gasteiger charge is 2.12. The summed E-state index contributed by atoms with van der Waals surface area (Å²) in [6.07, 6.45) is 1.42. The summed E-state index contributed by atoms with van der Waals surface area (Å²) in [5, 5.41) is 6.20. The predicted octanol–water partition coefficient (Wildman–Crippen LogP) is 5.40. The van der Waals surface area contributed by atoms with E-state index in [0.29, 0.717) is 27.0 Å². The quantitative estimate of drug-likeness (QED) is 0.628. The lowest BCUT2D eigenvalue weighted by Crippen LogP contribution is -2.14. The molecule has 0 aliphatic carbocycles. The third-order valence-corrected chi connectivity index (χ3v) is 4.41. The van der Waals surface area contributed by atoms with Crippen LogP contribution in [-0.2, 0) is 0 Å². The van der Waals surface area contributed by atoms with Crippen molar-refractivity contribution >= 4 is 46.4 Å². The molecule has 0 saturated carbocycles. The fourth-order valence-corrected chi connectivity index (χ4v) is 2.56. The fraction of sp³-hybridized carbons (Fsp3) is 0.0526. The Morgan fingerprint density at radius 2 is 1.73 bits per heavy atom. The van der Waals surface area contributed by atoms with Crippen molar-refractivity contribution in [1.82, 2.24) is 0 Å². The molecule has 0 fully saturated rings. The van der Waals surface area contributed by atoms with Crippen LogP contribution in [0.15, 0.2) is 59.2 Å². The summed E-state index contributed by atoms with van der Waals surface area (Å²) in [6, 6.07) is 13.0. The molecule has 0 aliphatic heterocycles. The first kappa shape index (κ1) is 18.0. The van der Waals surface area contributed by atoms with Crippen molar-refractivity contribution in [2.45, 2.75) is 6.92 Å². The number of rotatable bonds is 4. The zero-order valence-electron chi connectivity index (χ0n) is 13.7. The Kier molecular flexibility index (Phi) is 5.30. The number of hydrogen-bond donors (Lipinski definition) is 2. The average molecular weight is 389 g/mol. The van der Waals surface area contributed by atoms with E-state index in [1.807, 2.05) is 6.92 Å². The molecule has 2 N–H and O–H groups in total. The van der Waals surface area contributed by atoms with Crippen molar-refractivity contribution in [3.63, 3.8) is 0 Å². The summed E-state index contributed by atoms with van der Waals surface area (Å²) in [7, 11) is 0. The van der Waals surface area contributed by atoms with Crippen LogP contribution in [0.1, 0.15) is 26.5 Å². The highest BCUT2D eigenvalue weighted by molar-refractivity contribution is 6.42. The maximum absolute atomic E-state index is 12.4. The Balaban J connectivity index is 1.78. The van der Waals surface area contributed by atoms with E-state index in [9.17, 15) is 9.59 Å². The first-order valence-corrected chi connectivity index (χ1v) is 8.41. The molecule has 5 nitrogen and oxygen atoms in total. The molecule has 0 atom stereocenters. The second-order valence-electron chi connectivity index (χ2n) is 5.54. The van der Waals surface area contributed by atoms with E-state index in [1.54, 1.807) is 42.5 Å². The highest BCUT2D eigenvalue weighted by atomic mass is 35.5. The lowest BCUT2D eigenvalue weighted by Gasteiger charge is -2.11. The Hall–Kier alpha value is -2.76. The summed E-state index contributed by atoms with van der Waals surface area (Å²) >= 11 is 11.8. The van der Waals surface area contributed by atoms with E-state index < -0.39 is 0 Å². The zero-order chi connectivity index (χ0) is 18.7. The number of benzene rings is 2. The van der Waals surface area contributed by atoms with Crippen LogP contribution in [0.4, 0.5) is 11.4 Å². The van der Waals surface area contributed by atoms with Crippen LogP contribution in [0.3, 0.4) is 0 Å². The SMILES string of the molecule is Cc1ccc(NC(=O)c2ccco2)cc1NC(=O)c1ccc(Cl)c(Cl)c1. The standard InChI is InChI=1S/C19H14Cl2N2O3/c1-11-4-6-13(22-19(25)17-3-2-8-26-17)10-16(11)23-18(24)12-5-7-14(20)15(21)9-12/h2-10H,1H3,(H,22,25)(H,23,24). The molecule has 1 heterocycles. The van der Waals surface area contributed by atoms with Gasteiger partial charge in [-0.15, -0.1) is 0 Å². The smallest absolute Gasteiger partial charge is 0.291 e. The molecule has 0 spiro atoms. The van der Waals surface area contributed by atoms with Gasteiger partial charge in [-0.3, -0.25) is 9.59 Å². The highest BCUT2D eigenvalue weighted by Crippen LogP contribution is 2.25. The van der Waals surface area contributed by atoms with Gasteiger partial charge in [0.25, 0.3) is 11.8 Å². The van der Waals surface area contributed by atoms with Crippen molar-refractivity contribution in [2.75, 3.05) is 10.6 Å². The molecule has 1 aromatic heterocycles. The molecule has 2 aromatic carbocycles. The predicted molar refractivity (Wildman–Crippen MR) is 102 cm³/mol. The number of amides is 2. The Morgan fingerprint density at radius 3 is 2.42 bits per heavy atom. The van der Waals surface area contributed by atoms with Crippen LogP contribution < -0.4 is 10.6 Å². The van der Waals surface area contributed by atoms with Gasteiger partial charge < -0.3 is 15.1 Å². The first-order chi connectivity index (χ1) is 12.4. The van der Waals surface area contributed by atoms with Crippen LogP contribution in [0.25, 0.3) is 0 Å². The van der Waals surface area contributed by atoms with E-state index in [-0.39, 0.29) is 17.6 Å². The van der Waals surface area contributed by atoms with Crippen LogP contribution in [0, 0.1) is 6.92 Å². The second-order valence-corrected chi connectivity index (χ2v) is 6.36. The third kappa shape index (κ3) is 4.07. The molecule has 3 rings (SSSR count). The molecule has 0 bridgehead atoms. The molecule has 7 heteroatoms. The monoisotopic (exact) mass is 388 g/mol. The van der Waals surface area contributed by atoms with Gasteiger partial charge in [-0.05, 0) is 55.0 Å². The number of aryl methyl sites for hydroxylation is 1. The number of hydrogen-bond acceptors (Lipinski definition) is 3. The number of halogens is 2. The van der Waals surface area contributed by atoms with Gasteiger partial charge in [0.1, 0.15) is 0 Å². The molecule has 0 radical (unpaired) electrons. The van der Waals surface area contributed by atoms with E-state index in [4.69, 9.17) is 27.6 Å². The van der Waals surface area contributed by atoms with Crippen LogP contribution in [0.5, 0.6) is 0 Å². The van der Waals surface area contributed by atoms with Crippen LogP contribution in [0.2, 0.25) is 10.0 Å². The summed E-state index contributed by atoms with van der Waals surface area (Å²) in [6.45, 7) is 1.85. The molecular weight excluding hydrogens is 375 g/mol. The number of carbonyl (C=O) groups is 2. The average Bonchev–Trinajstić information content (AvgIpc) is 3.15. The van der Waals surface area contributed by atoms with Crippen molar-refractivity contribution in [3.05, 3.63) is 81.7 Å². The minimum absolute atomic E-state index is 0.201. The molecule has 132 valence electrons. The molecule has 3 aromatic rings. The molecule has 0 unspecified atom stereocenters. The van der Waals surface area contributed by atoms with E-state index >= 15 is 0 Å². The normalized spacial score (nSPS) is 10.4. The first-order valence-electron chi connectivity index (χ1n) is 7.66. The summed E-state index contributed by atoms with van der Waals surface area (Å²) < 4.78 is 5.06. The van der Waals surface area contributed by atoms with Gasteiger partial charge in [0.05, 0.1) is 16.3 Å². The van der Waals surface area contributed by atoms with E-state index in [1.165, 1.54) is 12.3 Å². The summed E-state index contributed by atoms with van der Waals surface area (Å²) in [5.41, 5.74) is 2.32. The topological polar surface area (TPSA) is 71.3 Å². The van der Waals surface area contributed by atoms with Crippen molar-refractivity contribution in [3.8, 4) is 0 Å². The molecule has 0 saturated heterocycles. The molecule has 0 aliphatic rings. The number of furan rings is 1. The second kappa shape index (κ2) is 7.64. The van der Waals surface area contributed by atoms with Crippen molar-refractivity contribution < 1.29 is 14.0 Å². The van der Waals surface area contributed by atoms with Crippen LogP contribution >= 0.6 is 23.2 Å². The van der Waals surface area contributed by atoms with Gasteiger partial charge in [-0.1, -0.05) is 29.3 Å². The maximum atomic E-state index is 12.4.